The summed E-state index contributed by atoms with van der Waals surface area (Å²) in [6, 6.07) is 3.62. The minimum Gasteiger partial charge on any atom is -0.393 e. The first-order valence-corrected chi connectivity index (χ1v) is 5.81. The Kier molecular flexibility index (Phi) is 3.74. The molecule has 2 N–H and O–H groups in total. The molecule has 0 saturated carbocycles. The van der Waals surface area contributed by atoms with Gasteiger partial charge in [0, 0.05) is 24.8 Å². The van der Waals surface area contributed by atoms with Crippen molar-refractivity contribution >= 4 is 5.82 Å². The highest BCUT2D eigenvalue weighted by Crippen LogP contribution is 2.26. The summed E-state index contributed by atoms with van der Waals surface area (Å²) in [5.41, 5.74) is 0.729. The third-order valence-corrected chi connectivity index (χ3v) is 3.00. The Morgan fingerprint density at radius 1 is 1.31 bits per heavy atom. The summed E-state index contributed by atoms with van der Waals surface area (Å²) in [6.07, 6.45) is 4.51. The minimum absolute atomic E-state index is 0.257. The highest BCUT2D eigenvalue weighted by molar-refractivity contribution is 5.48. The maximum Gasteiger partial charge on any atom is 0.134 e. The van der Waals surface area contributed by atoms with Crippen molar-refractivity contribution < 1.29 is 10.2 Å². The van der Waals surface area contributed by atoms with Crippen LogP contribution in [0.15, 0.2) is 18.3 Å². The molecule has 2 heterocycles. The summed E-state index contributed by atoms with van der Waals surface area (Å²) in [6.45, 7) is 1.72. The van der Waals surface area contributed by atoms with E-state index in [1.54, 1.807) is 12.3 Å². The first-order chi connectivity index (χ1) is 7.83. The fourth-order valence-corrected chi connectivity index (χ4v) is 2.14. The van der Waals surface area contributed by atoms with Gasteiger partial charge >= 0.3 is 0 Å². The van der Waals surface area contributed by atoms with Crippen molar-refractivity contribution in [1.82, 2.24) is 4.98 Å². The zero-order valence-corrected chi connectivity index (χ0v) is 9.34. The molecular formula is C12H18N2O2. The maximum absolute atomic E-state index is 9.72. The molecule has 0 aromatic carbocycles. The van der Waals surface area contributed by atoms with Gasteiger partial charge in [0.2, 0.25) is 0 Å². The molecule has 1 fully saturated rings. The van der Waals surface area contributed by atoms with Gasteiger partial charge in [0.15, 0.2) is 0 Å². The van der Waals surface area contributed by atoms with Crippen molar-refractivity contribution in [3.8, 4) is 0 Å². The van der Waals surface area contributed by atoms with Gasteiger partial charge in [-0.2, -0.15) is 0 Å². The van der Waals surface area contributed by atoms with Gasteiger partial charge in [0.1, 0.15) is 11.9 Å². The molecule has 2 rings (SSSR count). The second-order valence-electron chi connectivity index (χ2n) is 4.16. The van der Waals surface area contributed by atoms with Crippen LogP contribution in [-0.2, 0) is 0 Å². The molecule has 0 spiro atoms. The number of hydrogen-bond acceptors (Lipinski definition) is 4. The molecule has 0 amide bonds. The third kappa shape index (κ3) is 2.33. The zero-order valence-electron chi connectivity index (χ0n) is 9.34. The SMILES string of the molecule is OCC(O)c1cccnc1N1CCCCC1. The van der Waals surface area contributed by atoms with Crippen molar-refractivity contribution in [1.29, 1.82) is 0 Å². The predicted octanol–water partition coefficient (Wildman–Crippen LogP) is 1.10. The van der Waals surface area contributed by atoms with Gasteiger partial charge in [0.05, 0.1) is 6.61 Å². The summed E-state index contributed by atoms with van der Waals surface area (Å²) < 4.78 is 0. The lowest BCUT2D eigenvalue weighted by Crippen LogP contribution is -2.31. The highest BCUT2D eigenvalue weighted by Gasteiger charge is 2.18. The van der Waals surface area contributed by atoms with Gasteiger partial charge in [-0.15, -0.1) is 0 Å². The fourth-order valence-electron chi connectivity index (χ4n) is 2.14. The summed E-state index contributed by atoms with van der Waals surface area (Å²) in [4.78, 5) is 6.52. The molecule has 88 valence electrons. The van der Waals surface area contributed by atoms with E-state index in [0.717, 1.165) is 24.5 Å². The van der Waals surface area contributed by atoms with Crippen LogP contribution in [0.3, 0.4) is 0 Å². The summed E-state index contributed by atoms with van der Waals surface area (Å²) >= 11 is 0. The van der Waals surface area contributed by atoms with Crippen molar-refractivity contribution in [2.24, 2.45) is 0 Å². The number of aromatic nitrogens is 1. The van der Waals surface area contributed by atoms with E-state index in [0.29, 0.717) is 0 Å². The van der Waals surface area contributed by atoms with Crippen molar-refractivity contribution in [3.63, 3.8) is 0 Å². The van der Waals surface area contributed by atoms with E-state index in [9.17, 15) is 5.11 Å². The molecule has 1 aromatic heterocycles. The van der Waals surface area contributed by atoms with Gasteiger partial charge < -0.3 is 15.1 Å². The normalized spacial score (nSPS) is 18.5. The largest absolute Gasteiger partial charge is 0.393 e. The first-order valence-electron chi connectivity index (χ1n) is 5.81. The van der Waals surface area contributed by atoms with Crippen LogP contribution in [0.4, 0.5) is 5.82 Å². The van der Waals surface area contributed by atoms with Crippen LogP contribution >= 0.6 is 0 Å². The molecule has 1 aliphatic heterocycles. The van der Waals surface area contributed by atoms with E-state index in [2.05, 4.69) is 9.88 Å². The highest BCUT2D eigenvalue weighted by atomic mass is 16.3. The van der Waals surface area contributed by atoms with Gasteiger partial charge in [-0.05, 0) is 25.3 Å². The van der Waals surface area contributed by atoms with E-state index in [1.165, 1.54) is 19.3 Å². The molecular weight excluding hydrogens is 204 g/mol. The van der Waals surface area contributed by atoms with Crippen LogP contribution in [-0.4, -0.2) is 34.9 Å². The van der Waals surface area contributed by atoms with Crippen LogP contribution in [0.1, 0.15) is 30.9 Å². The molecule has 1 atom stereocenters. The molecule has 1 unspecified atom stereocenters. The zero-order chi connectivity index (χ0) is 11.4. The number of aliphatic hydroxyl groups excluding tert-OH is 2. The second-order valence-corrected chi connectivity index (χ2v) is 4.16. The number of piperidine rings is 1. The summed E-state index contributed by atoms with van der Waals surface area (Å²) in [5.74, 6) is 0.823. The van der Waals surface area contributed by atoms with E-state index < -0.39 is 6.10 Å². The summed E-state index contributed by atoms with van der Waals surface area (Å²) in [5, 5.41) is 18.7. The predicted molar refractivity (Wildman–Crippen MR) is 62.3 cm³/mol. The lowest BCUT2D eigenvalue weighted by molar-refractivity contribution is 0.0956. The Bertz CT molecular complexity index is 338. The lowest BCUT2D eigenvalue weighted by atomic mass is 10.1. The quantitative estimate of drug-likeness (QED) is 0.804. The Morgan fingerprint density at radius 3 is 2.75 bits per heavy atom. The topological polar surface area (TPSA) is 56.6 Å². The standard InChI is InChI=1S/C12H18N2O2/c15-9-11(16)10-5-4-6-13-12(10)14-7-2-1-3-8-14/h4-6,11,15-16H,1-3,7-9H2. The molecule has 4 nitrogen and oxygen atoms in total. The Labute approximate surface area is 95.5 Å². The number of rotatable bonds is 3. The second kappa shape index (κ2) is 5.27. The van der Waals surface area contributed by atoms with E-state index in [1.807, 2.05) is 6.07 Å². The monoisotopic (exact) mass is 222 g/mol. The number of anilines is 1. The van der Waals surface area contributed by atoms with Gasteiger partial charge in [-0.3, -0.25) is 0 Å². The molecule has 0 radical (unpaired) electrons. The van der Waals surface area contributed by atoms with Crippen molar-refractivity contribution in [2.75, 3.05) is 24.6 Å². The Hall–Kier alpha value is -1.13. The smallest absolute Gasteiger partial charge is 0.134 e. The van der Waals surface area contributed by atoms with Crippen LogP contribution in [0, 0.1) is 0 Å². The van der Waals surface area contributed by atoms with Crippen molar-refractivity contribution in [3.05, 3.63) is 23.9 Å². The van der Waals surface area contributed by atoms with Crippen LogP contribution in [0.2, 0.25) is 0 Å². The third-order valence-electron chi connectivity index (χ3n) is 3.00. The van der Waals surface area contributed by atoms with Crippen LogP contribution in [0.25, 0.3) is 0 Å². The minimum atomic E-state index is -0.828. The summed E-state index contributed by atoms with van der Waals surface area (Å²) in [7, 11) is 0. The Morgan fingerprint density at radius 2 is 2.06 bits per heavy atom. The van der Waals surface area contributed by atoms with Gasteiger partial charge in [-0.25, -0.2) is 4.98 Å². The molecule has 1 saturated heterocycles. The van der Waals surface area contributed by atoms with Crippen LogP contribution < -0.4 is 4.90 Å². The Balaban J connectivity index is 2.24. The number of pyridine rings is 1. The number of hydrogen-bond donors (Lipinski definition) is 2. The van der Waals surface area contributed by atoms with E-state index in [4.69, 9.17) is 5.11 Å². The number of nitrogens with zero attached hydrogens (tertiary/aromatic N) is 2. The van der Waals surface area contributed by atoms with E-state index in [-0.39, 0.29) is 6.61 Å². The molecule has 1 aliphatic rings. The first kappa shape index (κ1) is 11.4. The molecule has 0 bridgehead atoms. The van der Waals surface area contributed by atoms with E-state index >= 15 is 0 Å². The molecule has 1 aromatic rings. The molecule has 16 heavy (non-hydrogen) atoms. The maximum atomic E-state index is 9.72. The fraction of sp³-hybridized carbons (Fsp3) is 0.583. The average Bonchev–Trinajstić information content (AvgIpc) is 2.39. The molecule has 0 aliphatic carbocycles. The number of aliphatic hydroxyl groups is 2. The van der Waals surface area contributed by atoms with Crippen molar-refractivity contribution in [2.45, 2.75) is 25.4 Å². The van der Waals surface area contributed by atoms with Gasteiger partial charge in [-0.1, -0.05) is 6.07 Å². The van der Waals surface area contributed by atoms with Crippen LogP contribution in [0.5, 0.6) is 0 Å². The average molecular weight is 222 g/mol. The van der Waals surface area contributed by atoms with Gasteiger partial charge in [0.25, 0.3) is 0 Å². The molecule has 4 heteroatoms. The lowest BCUT2D eigenvalue weighted by Gasteiger charge is -2.30.